The van der Waals surface area contributed by atoms with E-state index in [0.717, 1.165) is 6.07 Å². The van der Waals surface area contributed by atoms with Crippen LogP contribution < -0.4 is 15.7 Å². The molecule has 156 valence electrons. The average molecular weight is 417 g/mol. The van der Waals surface area contributed by atoms with Crippen LogP contribution >= 0.6 is 0 Å². The summed E-state index contributed by atoms with van der Waals surface area (Å²) in [6.45, 7) is 1.62. The number of carbonyl (C=O) groups excluding carboxylic acids is 1. The van der Waals surface area contributed by atoms with Crippen molar-refractivity contribution in [2.45, 2.75) is 13.3 Å². The minimum Gasteiger partial charge on any atom is -0.508 e. The standard InChI is InChI=1S/C24H19NO6/c1-14-19(24(29)31-21-12-16(26)11-20(27)23(14)21)13-22(28)25-15-7-9-18(10-8-15)30-17-5-3-2-4-6-17/h2-12,26-27H,13H2,1H3,(H,25,28). The molecule has 0 aliphatic heterocycles. The number of hydrogen-bond acceptors (Lipinski definition) is 6. The van der Waals surface area contributed by atoms with Crippen molar-refractivity contribution >= 4 is 22.6 Å². The van der Waals surface area contributed by atoms with E-state index in [1.54, 1.807) is 31.2 Å². The molecule has 1 heterocycles. The Hall–Kier alpha value is -4.26. The Balaban J connectivity index is 1.50. The lowest BCUT2D eigenvalue weighted by Crippen LogP contribution is -2.20. The van der Waals surface area contributed by atoms with E-state index >= 15 is 0 Å². The van der Waals surface area contributed by atoms with Gasteiger partial charge in [0.1, 0.15) is 28.6 Å². The summed E-state index contributed by atoms with van der Waals surface area (Å²) in [6, 6.07) is 18.6. The van der Waals surface area contributed by atoms with Crippen molar-refractivity contribution in [3.8, 4) is 23.0 Å². The van der Waals surface area contributed by atoms with Gasteiger partial charge in [-0.2, -0.15) is 0 Å². The largest absolute Gasteiger partial charge is 0.508 e. The van der Waals surface area contributed by atoms with Crippen molar-refractivity contribution in [3.63, 3.8) is 0 Å². The van der Waals surface area contributed by atoms with Crippen molar-refractivity contribution in [3.05, 3.63) is 88.3 Å². The second-order valence-electron chi connectivity index (χ2n) is 7.00. The van der Waals surface area contributed by atoms with Crippen LogP contribution in [0, 0.1) is 6.92 Å². The summed E-state index contributed by atoms with van der Waals surface area (Å²) in [7, 11) is 0. The molecule has 3 aromatic carbocycles. The summed E-state index contributed by atoms with van der Waals surface area (Å²) in [5.74, 6) is 0.456. The Morgan fingerprint density at radius 1 is 1.00 bits per heavy atom. The second kappa shape index (κ2) is 8.23. The number of anilines is 1. The third-order valence-corrected chi connectivity index (χ3v) is 4.80. The third-order valence-electron chi connectivity index (χ3n) is 4.80. The van der Waals surface area contributed by atoms with Gasteiger partial charge in [-0.1, -0.05) is 18.2 Å². The quantitative estimate of drug-likeness (QED) is 0.413. The summed E-state index contributed by atoms with van der Waals surface area (Å²) in [5, 5.41) is 22.7. The van der Waals surface area contributed by atoms with E-state index in [1.807, 2.05) is 30.3 Å². The van der Waals surface area contributed by atoms with Crippen molar-refractivity contribution in [2.75, 3.05) is 5.32 Å². The average Bonchev–Trinajstić information content (AvgIpc) is 2.72. The molecular formula is C24H19NO6. The first-order chi connectivity index (χ1) is 14.9. The van der Waals surface area contributed by atoms with Crippen molar-refractivity contribution < 1.29 is 24.2 Å². The Morgan fingerprint density at radius 2 is 1.68 bits per heavy atom. The van der Waals surface area contributed by atoms with E-state index in [0.29, 0.717) is 22.7 Å². The lowest BCUT2D eigenvalue weighted by Gasteiger charge is -2.10. The maximum Gasteiger partial charge on any atom is 0.340 e. The summed E-state index contributed by atoms with van der Waals surface area (Å²) < 4.78 is 10.9. The van der Waals surface area contributed by atoms with Crippen LogP contribution in [-0.4, -0.2) is 16.1 Å². The van der Waals surface area contributed by atoms with Gasteiger partial charge in [0.2, 0.25) is 5.91 Å². The number of ether oxygens (including phenoxy) is 1. The third kappa shape index (κ3) is 4.35. The minimum absolute atomic E-state index is 0.0539. The zero-order valence-corrected chi connectivity index (χ0v) is 16.6. The second-order valence-corrected chi connectivity index (χ2v) is 7.00. The first-order valence-electron chi connectivity index (χ1n) is 9.52. The normalized spacial score (nSPS) is 10.7. The minimum atomic E-state index is -0.697. The van der Waals surface area contributed by atoms with Crippen LogP contribution in [0.3, 0.4) is 0 Å². The molecular weight excluding hydrogens is 398 g/mol. The molecule has 0 atom stereocenters. The molecule has 0 aliphatic carbocycles. The number of nitrogens with one attached hydrogen (secondary N) is 1. The highest BCUT2D eigenvalue weighted by Crippen LogP contribution is 2.32. The van der Waals surface area contributed by atoms with Crippen LogP contribution in [0.25, 0.3) is 11.0 Å². The smallest absolute Gasteiger partial charge is 0.340 e. The molecule has 3 N–H and O–H groups in total. The van der Waals surface area contributed by atoms with Gasteiger partial charge in [-0.05, 0) is 48.9 Å². The van der Waals surface area contributed by atoms with Crippen molar-refractivity contribution in [1.29, 1.82) is 0 Å². The molecule has 7 heteroatoms. The molecule has 4 aromatic rings. The highest BCUT2D eigenvalue weighted by atomic mass is 16.5. The SMILES string of the molecule is Cc1c(CC(=O)Nc2ccc(Oc3ccccc3)cc2)c(=O)oc2cc(O)cc(O)c12. The van der Waals surface area contributed by atoms with Crippen molar-refractivity contribution in [2.24, 2.45) is 0 Å². The molecule has 0 fully saturated rings. The number of phenolic OH excluding ortho intramolecular Hbond substituents is 2. The van der Waals surface area contributed by atoms with E-state index in [1.165, 1.54) is 6.07 Å². The maximum atomic E-state index is 12.5. The Bertz CT molecular complexity index is 1310. The van der Waals surface area contributed by atoms with Crippen LogP contribution in [-0.2, 0) is 11.2 Å². The molecule has 0 spiro atoms. The number of rotatable bonds is 5. The zero-order valence-electron chi connectivity index (χ0n) is 16.6. The highest BCUT2D eigenvalue weighted by molar-refractivity contribution is 5.94. The molecule has 1 amide bonds. The number of aryl methyl sites for hydroxylation is 1. The molecule has 0 saturated heterocycles. The number of para-hydroxylation sites is 1. The molecule has 0 bridgehead atoms. The van der Waals surface area contributed by atoms with Crippen LogP contribution in [0.1, 0.15) is 11.1 Å². The van der Waals surface area contributed by atoms with Crippen LogP contribution in [0.4, 0.5) is 5.69 Å². The number of phenols is 2. The number of aromatic hydroxyl groups is 2. The monoisotopic (exact) mass is 417 g/mol. The molecule has 1 aromatic heterocycles. The zero-order chi connectivity index (χ0) is 22.0. The van der Waals surface area contributed by atoms with Gasteiger partial charge in [-0.25, -0.2) is 4.79 Å². The maximum absolute atomic E-state index is 12.5. The highest BCUT2D eigenvalue weighted by Gasteiger charge is 2.18. The van der Waals surface area contributed by atoms with Crippen LogP contribution in [0.5, 0.6) is 23.0 Å². The van der Waals surface area contributed by atoms with E-state index in [-0.39, 0.29) is 34.5 Å². The van der Waals surface area contributed by atoms with Gasteiger partial charge in [-0.3, -0.25) is 4.79 Å². The number of amides is 1. The van der Waals surface area contributed by atoms with Gasteiger partial charge in [0.05, 0.1) is 17.4 Å². The molecule has 0 saturated carbocycles. The van der Waals surface area contributed by atoms with Gasteiger partial charge in [0, 0.05) is 17.8 Å². The first-order valence-corrected chi connectivity index (χ1v) is 9.52. The number of hydrogen-bond donors (Lipinski definition) is 3. The fourth-order valence-corrected chi connectivity index (χ4v) is 3.31. The lowest BCUT2D eigenvalue weighted by molar-refractivity contribution is -0.115. The topological polar surface area (TPSA) is 109 Å². The molecule has 0 radical (unpaired) electrons. The van der Waals surface area contributed by atoms with E-state index in [2.05, 4.69) is 5.32 Å². The fourth-order valence-electron chi connectivity index (χ4n) is 3.31. The van der Waals surface area contributed by atoms with Crippen LogP contribution in [0.2, 0.25) is 0 Å². The number of benzene rings is 3. The number of carbonyl (C=O) groups is 1. The molecule has 31 heavy (non-hydrogen) atoms. The van der Waals surface area contributed by atoms with Gasteiger partial charge in [-0.15, -0.1) is 0 Å². The van der Waals surface area contributed by atoms with Gasteiger partial charge >= 0.3 is 5.63 Å². The Morgan fingerprint density at radius 3 is 2.39 bits per heavy atom. The molecule has 7 nitrogen and oxygen atoms in total. The molecule has 0 aliphatic rings. The molecule has 0 unspecified atom stereocenters. The predicted molar refractivity (Wildman–Crippen MR) is 116 cm³/mol. The Labute approximate surface area is 177 Å². The van der Waals surface area contributed by atoms with E-state index in [9.17, 15) is 19.8 Å². The van der Waals surface area contributed by atoms with Gasteiger partial charge < -0.3 is 24.7 Å². The van der Waals surface area contributed by atoms with Crippen LogP contribution in [0.15, 0.2) is 75.9 Å². The number of fused-ring (bicyclic) bond motifs is 1. The summed E-state index contributed by atoms with van der Waals surface area (Å²) in [4.78, 5) is 24.9. The first kappa shape index (κ1) is 20.0. The summed E-state index contributed by atoms with van der Waals surface area (Å²) >= 11 is 0. The summed E-state index contributed by atoms with van der Waals surface area (Å²) in [5.41, 5.74) is 0.455. The van der Waals surface area contributed by atoms with E-state index in [4.69, 9.17) is 9.15 Å². The Kier molecular flexibility index (Phi) is 5.32. The fraction of sp³-hybridized carbons (Fsp3) is 0.0833. The van der Waals surface area contributed by atoms with Gasteiger partial charge in [0.25, 0.3) is 0 Å². The van der Waals surface area contributed by atoms with Crippen molar-refractivity contribution in [1.82, 2.24) is 0 Å². The summed E-state index contributed by atoms with van der Waals surface area (Å²) in [6.07, 6.45) is -0.229. The predicted octanol–water partition coefficient (Wildman–Crippen LogP) is 4.49. The van der Waals surface area contributed by atoms with E-state index < -0.39 is 11.5 Å². The van der Waals surface area contributed by atoms with Gasteiger partial charge in [0.15, 0.2) is 0 Å². The molecule has 4 rings (SSSR count). The lowest BCUT2D eigenvalue weighted by atomic mass is 10.0.